The van der Waals surface area contributed by atoms with E-state index in [9.17, 15) is 0 Å². The fourth-order valence-corrected chi connectivity index (χ4v) is 13.3. The standard InChI is InChI=1S/C44H40Si/c1-29-17-21-35-37-23-19-33(27-41(37)43(3,4)39(35)25-29)45(31-13-9-7-10-14-31,32-15-11-8-12-16-32)34-20-24-38-36-22-18-30(2)26-40(36)44(5,6)42(38)28-34/h7-28H,1-6H3. The van der Waals surface area contributed by atoms with Crippen molar-refractivity contribution in [1.29, 1.82) is 0 Å². The lowest BCUT2D eigenvalue weighted by Gasteiger charge is -2.36. The van der Waals surface area contributed by atoms with Crippen LogP contribution in [0.3, 0.4) is 0 Å². The first-order chi connectivity index (χ1) is 21.6. The minimum atomic E-state index is -2.74. The first kappa shape index (κ1) is 28.0. The van der Waals surface area contributed by atoms with Gasteiger partial charge in [-0.1, -0.05) is 172 Å². The molecule has 2 aliphatic carbocycles. The third kappa shape index (κ3) is 3.90. The molecule has 0 N–H and O–H groups in total. The molecule has 1 heteroatoms. The first-order valence-corrected chi connectivity index (χ1v) is 18.3. The molecule has 0 unspecified atom stereocenters. The first-order valence-electron chi connectivity index (χ1n) is 16.3. The Morgan fingerprint density at radius 3 is 1.07 bits per heavy atom. The highest BCUT2D eigenvalue weighted by Gasteiger charge is 2.45. The number of rotatable bonds is 4. The molecule has 45 heavy (non-hydrogen) atoms. The number of hydrogen-bond acceptors (Lipinski definition) is 0. The summed E-state index contributed by atoms with van der Waals surface area (Å²) in [5.41, 5.74) is 13.8. The van der Waals surface area contributed by atoms with Crippen LogP contribution in [0.25, 0.3) is 22.3 Å². The highest BCUT2D eigenvalue weighted by Crippen LogP contribution is 2.50. The molecule has 0 spiro atoms. The number of fused-ring (bicyclic) bond motifs is 6. The second-order valence-electron chi connectivity index (χ2n) is 14.4. The zero-order valence-corrected chi connectivity index (χ0v) is 28.2. The van der Waals surface area contributed by atoms with E-state index in [1.807, 2.05) is 0 Å². The van der Waals surface area contributed by atoms with Gasteiger partial charge in [-0.15, -0.1) is 0 Å². The van der Waals surface area contributed by atoms with Crippen LogP contribution in [-0.2, 0) is 10.8 Å². The molecule has 0 atom stereocenters. The lowest BCUT2D eigenvalue weighted by atomic mass is 9.82. The Labute approximate surface area is 269 Å². The number of aryl methyl sites for hydroxylation is 2. The van der Waals surface area contributed by atoms with E-state index in [1.165, 1.54) is 76.4 Å². The summed E-state index contributed by atoms with van der Waals surface area (Å²) in [7, 11) is -2.74. The summed E-state index contributed by atoms with van der Waals surface area (Å²) in [5, 5.41) is 5.73. The van der Waals surface area contributed by atoms with Crippen LogP contribution < -0.4 is 20.7 Å². The summed E-state index contributed by atoms with van der Waals surface area (Å²) >= 11 is 0. The second kappa shape index (κ2) is 9.77. The molecule has 0 aromatic heterocycles. The zero-order chi connectivity index (χ0) is 31.1. The maximum Gasteiger partial charge on any atom is 0.179 e. The molecule has 0 bridgehead atoms. The number of hydrogen-bond donors (Lipinski definition) is 0. The Morgan fingerprint density at radius 1 is 0.356 bits per heavy atom. The van der Waals surface area contributed by atoms with E-state index < -0.39 is 8.07 Å². The van der Waals surface area contributed by atoms with E-state index in [1.54, 1.807) is 0 Å². The van der Waals surface area contributed by atoms with Crippen molar-refractivity contribution in [3.8, 4) is 22.3 Å². The summed E-state index contributed by atoms with van der Waals surface area (Å²) in [6, 6.07) is 51.7. The van der Waals surface area contributed by atoms with Crippen LogP contribution in [-0.4, -0.2) is 8.07 Å². The second-order valence-corrected chi connectivity index (χ2v) is 18.2. The van der Waals surface area contributed by atoms with Gasteiger partial charge in [-0.3, -0.25) is 0 Å². The van der Waals surface area contributed by atoms with Gasteiger partial charge < -0.3 is 0 Å². The Hall–Kier alpha value is -4.46. The summed E-state index contributed by atoms with van der Waals surface area (Å²) in [6.45, 7) is 14.1. The summed E-state index contributed by atoms with van der Waals surface area (Å²) in [6.07, 6.45) is 0. The molecule has 220 valence electrons. The van der Waals surface area contributed by atoms with Crippen LogP contribution >= 0.6 is 0 Å². The summed E-state index contributed by atoms with van der Waals surface area (Å²) < 4.78 is 0. The van der Waals surface area contributed by atoms with Crippen molar-refractivity contribution in [3.05, 3.63) is 167 Å². The Balaban J connectivity index is 1.44. The molecule has 0 aliphatic heterocycles. The zero-order valence-electron chi connectivity index (χ0n) is 27.2. The van der Waals surface area contributed by atoms with Gasteiger partial charge in [-0.2, -0.15) is 0 Å². The quantitative estimate of drug-likeness (QED) is 0.142. The topological polar surface area (TPSA) is 0 Å². The average Bonchev–Trinajstić information content (AvgIpc) is 3.41. The van der Waals surface area contributed by atoms with Crippen LogP contribution in [0, 0.1) is 13.8 Å². The van der Waals surface area contributed by atoms with Crippen molar-refractivity contribution in [2.24, 2.45) is 0 Å². The largest absolute Gasteiger partial charge is 0.179 e. The van der Waals surface area contributed by atoms with Gasteiger partial charge in [0.2, 0.25) is 0 Å². The van der Waals surface area contributed by atoms with E-state index in [0.29, 0.717) is 0 Å². The molecular formula is C44H40Si. The molecule has 0 radical (unpaired) electrons. The highest BCUT2D eigenvalue weighted by atomic mass is 28.3. The van der Waals surface area contributed by atoms with Gasteiger partial charge in [-0.05, 0) is 79.1 Å². The summed E-state index contributed by atoms with van der Waals surface area (Å²) in [4.78, 5) is 0. The van der Waals surface area contributed by atoms with Crippen LogP contribution in [0.2, 0.25) is 0 Å². The fraction of sp³-hybridized carbons (Fsp3) is 0.182. The van der Waals surface area contributed by atoms with E-state index in [0.717, 1.165) is 0 Å². The molecule has 0 fully saturated rings. The molecule has 2 aliphatic rings. The van der Waals surface area contributed by atoms with Crippen molar-refractivity contribution >= 4 is 28.8 Å². The molecule has 0 nitrogen and oxygen atoms in total. The predicted molar refractivity (Wildman–Crippen MR) is 195 cm³/mol. The molecular weight excluding hydrogens is 557 g/mol. The summed E-state index contributed by atoms with van der Waals surface area (Å²) in [5.74, 6) is 0. The van der Waals surface area contributed by atoms with Crippen LogP contribution in [0.5, 0.6) is 0 Å². The van der Waals surface area contributed by atoms with Gasteiger partial charge in [0.15, 0.2) is 8.07 Å². The van der Waals surface area contributed by atoms with Gasteiger partial charge in [-0.25, -0.2) is 0 Å². The Morgan fingerprint density at radius 2 is 0.689 bits per heavy atom. The predicted octanol–water partition coefficient (Wildman–Crippen LogP) is 8.29. The van der Waals surface area contributed by atoms with Crippen LogP contribution in [0.1, 0.15) is 61.1 Å². The normalized spacial score (nSPS) is 15.2. The average molecular weight is 597 g/mol. The van der Waals surface area contributed by atoms with Crippen molar-refractivity contribution in [2.75, 3.05) is 0 Å². The lowest BCUT2D eigenvalue weighted by Crippen LogP contribution is -2.75. The molecule has 0 saturated carbocycles. The minimum Gasteiger partial charge on any atom is -0.0623 e. The van der Waals surface area contributed by atoms with E-state index in [2.05, 4.69) is 175 Å². The van der Waals surface area contributed by atoms with E-state index >= 15 is 0 Å². The smallest absolute Gasteiger partial charge is 0.0623 e. The molecule has 0 saturated heterocycles. The van der Waals surface area contributed by atoms with Crippen molar-refractivity contribution in [2.45, 2.75) is 52.4 Å². The maximum atomic E-state index is 2.59. The Bertz CT molecular complexity index is 1960. The molecule has 0 amide bonds. The van der Waals surface area contributed by atoms with Crippen molar-refractivity contribution in [3.63, 3.8) is 0 Å². The van der Waals surface area contributed by atoms with Gasteiger partial charge in [0.05, 0.1) is 0 Å². The highest BCUT2D eigenvalue weighted by molar-refractivity contribution is 7.19. The van der Waals surface area contributed by atoms with Gasteiger partial charge >= 0.3 is 0 Å². The third-order valence-corrected chi connectivity index (χ3v) is 15.7. The van der Waals surface area contributed by atoms with E-state index in [-0.39, 0.29) is 10.8 Å². The molecule has 8 rings (SSSR count). The van der Waals surface area contributed by atoms with Gasteiger partial charge in [0.1, 0.15) is 0 Å². The van der Waals surface area contributed by atoms with E-state index in [4.69, 9.17) is 0 Å². The van der Waals surface area contributed by atoms with Crippen LogP contribution in [0.15, 0.2) is 133 Å². The SMILES string of the molecule is Cc1ccc2c(c1)C(C)(C)c1cc([Si](c3ccccc3)(c3ccccc3)c3ccc4c(c3)C(C)(C)c3cc(C)ccc3-4)ccc1-2. The van der Waals surface area contributed by atoms with Gasteiger partial charge in [0, 0.05) is 10.8 Å². The maximum absolute atomic E-state index is 2.74. The minimum absolute atomic E-state index is 0.0698. The van der Waals surface area contributed by atoms with Crippen LogP contribution in [0.4, 0.5) is 0 Å². The fourth-order valence-electron chi connectivity index (χ4n) is 8.55. The Kier molecular flexibility index (Phi) is 6.09. The third-order valence-electron chi connectivity index (χ3n) is 10.9. The molecule has 0 heterocycles. The monoisotopic (exact) mass is 596 g/mol. The van der Waals surface area contributed by atoms with Crippen molar-refractivity contribution in [1.82, 2.24) is 0 Å². The molecule has 6 aromatic rings. The molecule has 6 aromatic carbocycles. The van der Waals surface area contributed by atoms with Gasteiger partial charge in [0.25, 0.3) is 0 Å². The van der Waals surface area contributed by atoms with Crippen molar-refractivity contribution < 1.29 is 0 Å². The lowest BCUT2D eigenvalue weighted by molar-refractivity contribution is 0.660. The number of benzene rings is 6.